The topological polar surface area (TPSA) is 81.1 Å². The highest BCUT2D eigenvalue weighted by Crippen LogP contribution is 2.26. The second kappa shape index (κ2) is 6.86. The molecule has 0 heterocycles. The number of carbonyl (C=O) groups excluding carboxylic acids is 1. The lowest BCUT2D eigenvalue weighted by Crippen LogP contribution is -2.48. The van der Waals surface area contributed by atoms with Crippen LogP contribution in [0.4, 0.5) is 0 Å². The molecule has 1 aliphatic rings. The monoisotopic (exact) mass is 227 g/mol. The standard InChI is InChI=1S/C12H25N3O/c1-9(7-13)12(16)15-11(8-14)10-5-3-2-4-6-10/h9-11H,2-8,13-14H2,1H3,(H,15,16). The molecule has 2 atom stereocenters. The molecule has 4 nitrogen and oxygen atoms in total. The molecular formula is C12H25N3O. The van der Waals surface area contributed by atoms with E-state index in [1.807, 2.05) is 6.92 Å². The quantitative estimate of drug-likeness (QED) is 0.643. The van der Waals surface area contributed by atoms with Crippen molar-refractivity contribution >= 4 is 5.91 Å². The molecule has 1 rings (SSSR count). The third-order valence-electron chi connectivity index (χ3n) is 3.60. The molecule has 0 aromatic rings. The molecule has 0 aliphatic heterocycles. The zero-order valence-electron chi connectivity index (χ0n) is 10.2. The number of amides is 1. The Hall–Kier alpha value is -0.610. The van der Waals surface area contributed by atoms with E-state index in [1.165, 1.54) is 32.1 Å². The Labute approximate surface area is 98.1 Å². The summed E-state index contributed by atoms with van der Waals surface area (Å²) in [6.45, 7) is 2.78. The number of nitrogens with one attached hydrogen (secondary N) is 1. The Bertz CT molecular complexity index is 214. The molecule has 0 bridgehead atoms. The van der Waals surface area contributed by atoms with Gasteiger partial charge in [-0.15, -0.1) is 0 Å². The first kappa shape index (κ1) is 13.5. The molecule has 94 valence electrons. The van der Waals surface area contributed by atoms with Crippen molar-refractivity contribution in [3.05, 3.63) is 0 Å². The van der Waals surface area contributed by atoms with E-state index >= 15 is 0 Å². The second-order valence-electron chi connectivity index (χ2n) is 4.89. The molecule has 0 aromatic carbocycles. The summed E-state index contributed by atoms with van der Waals surface area (Å²) in [6.07, 6.45) is 6.24. The maximum Gasteiger partial charge on any atom is 0.224 e. The summed E-state index contributed by atoms with van der Waals surface area (Å²) >= 11 is 0. The van der Waals surface area contributed by atoms with E-state index in [2.05, 4.69) is 5.32 Å². The first-order valence-corrected chi connectivity index (χ1v) is 6.39. The van der Waals surface area contributed by atoms with Crippen LogP contribution in [0.1, 0.15) is 39.0 Å². The Balaban J connectivity index is 2.44. The van der Waals surface area contributed by atoms with Gasteiger partial charge in [0.05, 0.1) is 0 Å². The smallest absolute Gasteiger partial charge is 0.224 e. The summed E-state index contributed by atoms with van der Waals surface area (Å²) in [4.78, 5) is 11.7. The van der Waals surface area contributed by atoms with E-state index in [4.69, 9.17) is 11.5 Å². The largest absolute Gasteiger partial charge is 0.352 e. The average Bonchev–Trinajstić information content (AvgIpc) is 2.35. The van der Waals surface area contributed by atoms with Crippen LogP contribution in [0.5, 0.6) is 0 Å². The maximum atomic E-state index is 11.7. The van der Waals surface area contributed by atoms with E-state index in [9.17, 15) is 4.79 Å². The van der Waals surface area contributed by atoms with Gasteiger partial charge in [-0.2, -0.15) is 0 Å². The van der Waals surface area contributed by atoms with Crippen LogP contribution in [-0.4, -0.2) is 25.0 Å². The highest BCUT2D eigenvalue weighted by Gasteiger charge is 2.25. The number of hydrogen-bond donors (Lipinski definition) is 3. The van der Waals surface area contributed by atoms with Gasteiger partial charge in [0.25, 0.3) is 0 Å². The van der Waals surface area contributed by atoms with Crippen LogP contribution in [-0.2, 0) is 4.79 Å². The molecule has 0 aromatic heterocycles. The van der Waals surface area contributed by atoms with Crippen LogP contribution in [0.2, 0.25) is 0 Å². The molecular weight excluding hydrogens is 202 g/mol. The van der Waals surface area contributed by atoms with Crippen LogP contribution in [0.15, 0.2) is 0 Å². The molecule has 5 N–H and O–H groups in total. The molecule has 0 saturated heterocycles. The molecule has 1 saturated carbocycles. The van der Waals surface area contributed by atoms with Crippen molar-refractivity contribution in [2.75, 3.05) is 13.1 Å². The summed E-state index contributed by atoms with van der Waals surface area (Å²) in [5.74, 6) is 0.494. The van der Waals surface area contributed by atoms with Crippen molar-refractivity contribution in [3.8, 4) is 0 Å². The third kappa shape index (κ3) is 3.76. The zero-order valence-corrected chi connectivity index (χ0v) is 10.2. The van der Waals surface area contributed by atoms with E-state index in [0.29, 0.717) is 19.0 Å². The number of rotatable bonds is 5. The first-order valence-electron chi connectivity index (χ1n) is 6.39. The van der Waals surface area contributed by atoms with E-state index in [-0.39, 0.29) is 17.9 Å². The SMILES string of the molecule is CC(CN)C(=O)NC(CN)C1CCCCC1. The van der Waals surface area contributed by atoms with Crippen molar-refractivity contribution in [3.63, 3.8) is 0 Å². The summed E-state index contributed by atoms with van der Waals surface area (Å²) in [5.41, 5.74) is 11.2. The molecule has 0 spiro atoms. The predicted octanol–water partition coefficient (Wildman–Crippen LogP) is 0.605. The predicted molar refractivity (Wildman–Crippen MR) is 65.8 cm³/mol. The molecule has 16 heavy (non-hydrogen) atoms. The van der Waals surface area contributed by atoms with E-state index in [1.54, 1.807) is 0 Å². The highest BCUT2D eigenvalue weighted by molar-refractivity contribution is 5.78. The van der Waals surface area contributed by atoms with Gasteiger partial charge in [-0.1, -0.05) is 26.2 Å². The van der Waals surface area contributed by atoms with Gasteiger partial charge >= 0.3 is 0 Å². The van der Waals surface area contributed by atoms with Crippen LogP contribution in [0.25, 0.3) is 0 Å². The van der Waals surface area contributed by atoms with E-state index in [0.717, 1.165) is 0 Å². The third-order valence-corrected chi connectivity index (χ3v) is 3.60. The number of nitrogens with two attached hydrogens (primary N) is 2. The normalized spacial score (nSPS) is 21.4. The van der Waals surface area contributed by atoms with Gasteiger partial charge in [0.15, 0.2) is 0 Å². The van der Waals surface area contributed by atoms with Crippen molar-refractivity contribution < 1.29 is 4.79 Å². The lowest BCUT2D eigenvalue weighted by molar-refractivity contribution is -0.125. The average molecular weight is 227 g/mol. The number of carbonyl (C=O) groups is 1. The Morgan fingerprint density at radius 3 is 2.38 bits per heavy atom. The Morgan fingerprint density at radius 1 is 1.25 bits per heavy atom. The molecule has 1 amide bonds. The molecule has 1 aliphatic carbocycles. The first-order chi connectivity index (χ1) is 7.69. The van der Waals surface area contributed by atoms with Gasteiger partial charge in [0.2, 0.25) is 5.91 Å². The Kier molecular flexibility index (Phi) is 5.77. The Morgan fingerprint density at radius 2 is 1.88 bits per heavy atom. The van der Waals surface area contributed by atoms with Crippen molar-refractivity contribution in [2.45, 2.75) is 45.1 Å². The molecule has 1 fully saturated rings. The zero-order chi connectivity index (χ0) is 12.0. The van der Waals surface area contributed by atoms with Crippen LogP contribution >= 0.6 is 0 Å². The van der Waals surface area contributed by atoms with Crippen LogP contribution in [0, 0.1) is 11.8 Å². The summed E-state index contributed by atoms with van der Waals surface area (Å²) in [5, 5.41) is 3.04. The van der Waals surface area contributed by atoms with Crippen LogP contribution < -0.4 is 16.8 Å². The van der Waals surface area contributed by atoms with E-state index < -0.39 is 0 Å². The van der Waals surface area contributed by atoms with Crippen molar-refractivity contribution in [2.24, 2.45) is 23.3 Å². The maximum absolute atomic E-state index is 11.7. The van der Waals surface area contributed by atoms with Crippen molar-refractivity contribution in [1.29, 1.82) is 0 Å². The molecule has 0 radical (unpaired) electrons. The lowest BCUT2D eigenvalue weighted by Gasteiger charge is -2.30. The number of hydrogen-bond acceptors (Lipinski definition) is 3. The minimum absolute atomic E-state index is 0.0449. The molecule has 4 heteroatoms. The molecule has 2 unspecified atom stereocenters. The minimum Gasteiger partial charge on any atom is -0.352 e. The van der Waals surface area contributed by atoms with Crippen LogP contribution in [0.3, 0.4) is 0 Å². The van der Waals surface area contributed by atoms with Gasteiger partial charge in [-0.3, -0.25) is 4.79 Å². The van der Waals surface area contributed by atoms with Gasteiger partial charge in [-0.25, -0.2) is 0 Å². The fourth-order valence-electron chi connectivity index (χ4n) is 2.34. The second-order valence-corrected chi connectivity index (χ2v) is 4.89. The highest BCUT2D eigenvalue weighted by atomic mass is 16.1. The van der Waals surface area contributed by atoms with Gasteiger partial charge in [-0.05, 0) is 18.8 Å². The fraction of sp³-hybridized carbons (Fsp3) is 0.917. The summed E-state index contributed by atoms with van der Waals surface area (Å²) in [6, 6.07) is 0.141. The summed E-state index contributed by atoms with van der Waals surface area (Å²) < 4.78 is 0. The minimum atomic E-state index is -0.113. The van der Waals surface area contributed by atoms with Gasteiger partial charge in [0, 0.05) is 25.0 Å². The van der Waals surface area contributed by atoms with Gasteiger partial charge < -0.3 is 16.8 Å². The van der Waals surface area contributed by atoms with Crippen molar-refractivity contribution in [1.82, 2.24) is 5.32 Å². The van der Waals surface area contributed by atoms with Gasteiger partial charge in [0.1, 0.15) is 0 Å². The summed E-state index contributed by atoms with van der Waals surface area (Å²) in [7, 11) is 0. The lowest BCUT2D eigenvalue weighted by atomic mass is 9.83. The fourth-order valence-corrected chi connectivity index (χ4v) is 2.34.